The van der Waals surface area contributed by atoms with E-state index in [9.17, 15) is 14.9 Å². The zero-order valence-electron chi connectivity index (χ0n) is 10.6. The summed E-state index contributed by atoms with van der Waals surface area (Å²) in [7, 11) is 0. The van der Waals surface area contributed by atoms with E-state index >= 15 is 0 Å². The Morgan fingerprint density at radius 2 is 2.05 bits per heavy atom. The predicted octanol–water partition coefficient (Wildman–Crippen LogP) is 1.09. The van der Waals surface area contributed by atoms with E-state index in [1.54, 1.807) is 17.0 Å². The van der Waals surface area contributed by atoms with Crippen molar-refractivity contribution in [3.8, 4) is 0 Å². The third kappa shape index (κ3) is 3.29. The summed E-state index contributed by atoms with van der Waals surface area (Å²) < 4.78 is 0. The molecule has 0 bridgehead atoms. The van der Waals surface area contributed by atoms with Gasteiger partial charge in [-0.2, -0.15) is 0 Å². The van der Waals surface area contributed by atoms with Gasteiger partial charge < -0.3 is 10.6 Å². The van der Waals surface area contributed by atoms with Crippen LogP contribution in [0.2, 0.25) is 0 Å². The second-order valence-corrected chi connectivity index (χ2v) is 4.75. The van der Waals surface area contributed by atoms with Gasteiger partial charge in [0.2, 0.25) is 5.91 Å². The minimum absolute atomic E-state index is 0.00756. The Balaban J connectivity index is 1.91. The smallest absolute Gasteiger partial charge is 0.269 e. The normalized spacial score (nSPS) is 19.5. The third-order valence-electron chi connectivity index (χ3n) is 3.39. The van der Waals surface area contributed by atoms with E-state index in [-0.39, 0.29) is 17.6 Å². The SMILES string of the molecule is NC1CCCN(CCc2ccc([N+](=O)[O-])cc2)C1=O. The molecule has 1 heterocycles. The zero-order chi connectivity index (χ0) is 13.8. The molecule has 1 unspecified atom stereocenters. The minimum atomic E-state index is -0.420. The molecule has 1 aliphatic rings. The van der Waals surface area contributed by atoms with Crippen LogP contribution in [0.1, 0.15) is 18.4 Å². The highest BCUT2D eigenvalue weighted by atomic mass is 16.6. The van der Waals surface area contributed by atoms with Gasteiger partial charge in [0.15, 0.2) is 0 Å². The maximum absolute atomic E-state index is 11.8. The molecule has 1 amide bonds. The fourth-order valence-corrected chi connectivity index (χ4v) is 2.24. The van der Waals surface area contributed by atoms with Gasteiger partial charge in [0, 0.05) is 25.2 Å². The molecule has 1 aliphatic heterocycles. The number of nitrogens with zero attached hydrogens (tertiary/aromatic N) is 2. The molecule has 0 aromatic heterocycles. The van der Waals surface area contributed by atoms with E-state index in [2.05, 4.69) is 0 Å². The molecule has 0 aliphatic carbocycles. The van der Waals surface area contributed by atoms with Gasteiger partial charge >= 0.3 is 0 Å². The lowest BCUT2D eigenvalue weighted by atomic mass is 10.0. The number of hydrogen-bond acceptors (Lipinski definition) is 4. The van der Waals surface area contributed by atoms with Crippen LogP contribution in [0.4, 0.5) is 5.69 Å². The Kier molecular flexibility index (Phi) is 4.11. The van der Waals surface area contributed by atoms with Gasteiger partial charge in [-0.1, -0.05) is 12.1 Å². The van der Waals surface area contributed by atoms with Crippen LogP contribution in [0.3, 0.4) is 0 Å². The lowest BCUT2D eigenvalue weighted by molar-refractivity contribution is -0.384. The summed E-state index contributed by atoms with van der Waals surface area (Å²) in [6.07, 6.45) is 2.39. The van der Waals surface area contributed by atoms with E-state index in [0.29, 0.717) is 13.0 Å². The number of carbonyl (C=O) groups is 1. The minimum Gasteiger partial charge on any atom is -0.341 e. The van der Waals surface area contributed by atoms with Crippen molar-refractivity contribution in [3.63, 3.8) is 0 Å². The van der Waals surface area contributed by atoms with E-state index in [0.717, 1.165) is 24.9 Å². The van der Waals surface area contributed by atoms with Crippen LogP contribution >= 0.6 is 0 Å². The topological polar surface area (TPSA) is 89.5 Å². The van der Waals surface area contributed by atoms with Crippen LogP contribution in [-0.2, 0) is 11.2 Å². The zero-order valence-corrected chi connectivity index (χ0v) is 10.6. The lowest BCUT2D eigenvalue weighted by Crippen LogP contribution is -2.48. The average Bonchev–Trinajstić information content (AvgIpc) is 2.41. The summed E-state index contributed by atoms with van der Waals surface area (Å²) in [6, 6.07) is 6.06. The van der Waals surface area contributed by atoms with Crippen LogP contribution in [0.5, 0.6) is 0 Å². The summed E-state index contributed by atoms with van der Waals surface area (Å²) in [6.45, 7) is 1.36. The molecule has 0 saturated carbocycles. The Bertz CT molecular complexity index is 473. The molecule has 6 heteroatoms. The molecule has 1 fully saturated rings. The van der Waals surface area contributed by atoms with Gasteiger partial charge in [0.05, 0.1) is 11.0 Å². The number of nitrogens with two attached hydrogens (primary N) is 1. The largest absolute Gasteiger partial charge is 0.341 e. The van der Waals surface area contributed by atoms with Gasteiger partial charge in [-0.05, 0) is 24.8 Å². The maximum atomic E-state index is 11.8. The van der Waals surface area contributed by atoms with Crippen molar-refractivity contribution < 1.29 is 9.72 Å². The molecule has 0 radical (unpaired) electrons. The van der Waals surface area contributed by atoms with Crippen molar-refractivity contribution in [2.45, 2.75) is 25.3 Å². The molecule has 19 heavy (non-hydrogen) atoms. The van der Waals surface area contributed by atoms with Crippen LogP contribution in [0.15, 0.2) is 24.3 Å². The maximum Gasteiger partial charge on any atom is 0.269 e. The average molecular weight is 263 g/mol. The molecule has 1 atom stereocenters. The van der Waals surface area contributed by atoms with Gasteiger partial charge in [-0.15, -0.1) is 0 Å². The van der Waals surface area contributed by atoms with Crippen molar-refractivity contribution in [2.75, 3.05) is 13.1 Å². The molecule has 102 valence electrons. The monoisotopic (exact) mass is 263 g/mol. The Labute approximate surface area is 111 Å². The number of hydrogen-bond donors (Lipinski definition) is 1. The van der Waals surface area contributed by atoms with Gasteiger partial charge in [-0.25, -0.2) is 0 Å². The number of rotatable bonds is 4. The van der Waals surface area contributed by atoms with Crippen molar-refractivity contribution in [1.29, 1.82) is 0 Å². The van der Waals surface area contributed by atoms with Crippen molar-refractivity contribution in [1.82, 2.24) is 4.90 Å². The number of likely N-dealkylation sites (tertiary alicyclic amines) is 1. The van der Waals surface area contributed by atoms with E-state index in [1.807, 2.05) is 0 Å². The van der Waals surface area contributed by atoms with Crippen LogP contribution in [-0.4, -0.2) is 34.9 Å². The molecule has 1 aromatic rings. The summed E-state index contributed by atoms with van der Waals surface area (Å²) in [5, 5.41) is 10.5. The summed E-state index contributed by atoms with van der Waals surface area (Å²) in [4.78, 5) is 23.7. The van der Waals surface area contributed by atoms with Crippen molar-refractivity contribution >= 4 is 11.6 Å². The second-order valence-electron chi connectivity index (χ2n) is 4.75. The van der Waals surface area contributed by atoms with Gasteiger partial charge in [0.1, 0.15) is 0 Å². The number of carbonyl (C=O) groups excluding carboxylic acids is 1. The van der Waals surface area contributed by atoms with Crippen LogP contribution < -0.4 is 5.73 Å². The number of benzene rings is 1. The quantitative estimate of drug-likeness (QED) is 0.650. The molecule has 1 aromatic carbocycles. The van der Waals surface area contributed by atoms with Crippen molar-refractivity contribution in [2.24, 2.45) is 5.73 Å². The Morgan fingerprint density at radius 3 is 2.68 bits per heavy atom. The molecular weight excluding hydrogens is 246 g/mol. The highest BCUT2D eigenvalue weighted by Crippen LogP contribution is 2.14. The van der Waals surface area contributed by atoms with E-state index in [4.69, 9.17) is 5.73 Å². The Morgan fingerprint density at radius 1 is 1.37 bits per heavy atom. The molecule has 2 N–H and O–H groups in total. The predicted molar refractivity (Wildman–Crippen MR) is 70.6 cm³/mol. The lowest BCUT2D eigenvalue weighted by Gasteiger charge is -2.30. The van der Waals surface area contributed by atoms with E-state index in [1.165, 1.54) is 12.1 Å². The molecule has 2 rings (SSSR count). The number of amides is 1. The number of nitro benzene ring substituents is 1. The summed E-state index contributed by atoms with van der Waals surface area (Å²) >= 11 is 0. The fourth-order valence-electron chi connectivity index (χ4n) is 2.24. The number of non-ortho nitro benzene ring substituents is 1. The Hall–Kier alpha value is -1.95. The van der Waals surface area contributed by atoms with Crippen LogP contribution in [0.25, 0.3) is 0 Å². The number of nitro groups is 1. The van der Waals surface area contributed by atoms with Gasteiger partial charge in [-0.3, -0.25) is 14.9 Å². The molecule has 1 saturated heterocycles. The molecule has 0 spiro atoms. The van der Waals surface area contributed by atoms with E-state index < -0.39 is 4.92 Å². The molecular formula is C13H17N3O3. The first-order valence-electron chi connectivity index (χ1n) is 6.35. The highest BCUT2D eigenvalue weighted by molar-refractivity contribution is 5.82. The first-order chi connectivity index (χ1) is 9.08. The summed E-state index contributed by atoms with van der Waals surface area (Å²) in [5.41, 5.74) is 6.79. The first-order valence-corrected chi connectivity index (χ1v) is 6.35. The third-order valence-corrected chi connectivity index (χ3v) is 3.39. The second kappa shape index (κ2) is 5.79. The highest BCUT2D eigenvalue weighted by Gasteiger charge is 2.24. The van der Waals surface area contributed by atoms with Crippen molar-refractivity contribution in [3.05, 3.63) is 39.9 Å². The fraction of sp³-hybridized carbons (Fsp3) is 0.462. The van der Waals surface area contributed by atoms with Gasteiger partial charge in [0.25, 0.3) is 5.69 Å². The first kappa shape index (κ1) is 13.5. The summed E-state index contributed by atoms with van der Waals surface area (Å²) in [5.74, 6) is 0.00756. The standard InChI is InChI=1S/C13H17N3O3/c14-12-2-1-8-15(13(12)17)9-7-10-3-5-11(6-4-10)16(18)19/h3-6,12H,1-2,7-9,14H2. The number of piperidine rings is 1. The van der Waals surface area contributed by atoms with Crippen LogP contribution in [0, 0.1) is 10.1 Å². The molecule has 6 nitrogen and oxygen atoms in total.